The zero-order chi connectivity index (χ0) is 13.1. The smallest absolute Gasteiger partial charge is 0.253 e. The van der Waals surface area contributed by atoms with E-state index in [0.717, 1.165) is 9.13 Å². The van der Waals surface area contributed by atoms with Crippen LogP contribution < -0.4 is 0 Å². The topological polar surface area (TPSA) is 33.5 Å². The van der Waals surface area contributed by atoms with E-state index in [9.17, 15) is 4.79 Å². The van der Waals surface area contributed by atoms with Crippen LogP contribution in [-0.2, 0) is 6.54 Å². The summed E-state index contributed by atoms with van der Waals surface area (Å²) in [5, 5.41) is 0.596. The highest BCUT2D eigenvalue weighted by Crippen LogP contribution is 2.20. The van der Waals surface area contributed by atoms with Gasteiger partial charge in [0.1, 0.15) is 0 Å². The fourth-order valence-electron chi connectivity index (χ4n) is 1.58. The SMILES string of the molecule is CN(Cc1ccoc1)C(=O)c1ccc(I)c(Cl)c1. The van der Waals surface area contributed by atoms with Gasteiger partial charge in [0.15, 0.2) is 0 Å². The second-order valence-corrected chi connectivity index (χ2v) is 5.49. The molecule has 1 amide bonds. The molecule has 94 valence electrons. The fourth-order valence-corrected chi connectivity index (χ4v) is 2.09. The second kappa shape index (κ2) is 5.75. The summed E-state index contributed by atoms with van der Waals surface area (Å²) in [4.78, 5) is 13.8. The number of rotatable bonds is 3. The molecule has 1 aromatic carbocycles. The zero-order valence-corrected chi connectivity index (χ0v) is 12.6. The van der Waals surface area contributed by atoms with Gasteiger partial charge in [0, 0.05) is 28.3 Å². The van der Waals surface area contributed by atoms with Gasteiger partial charge in [0.25, 0.3) is 5.91 Å². The molecule has 0 aliphatic heterocycles. The Morgan fingerprint density at radius 2 is 2.22 bits per heavy atom. The first-order valence-corrected chi connectivity index (χ1v) is 6.75. The highest BCUT2D eigenvalue weighted by atomic mass is 127. The van der Waals surface area contributed by atoms with Crippen LogP contribution in [-0.4, -0.2) is 17.9 Å². The third-order valence-electron chi connectivity index (χ3n) is 2.51. The van der Waals surface area contributed by atoms with E-state index in [-0.39, 0.29) is 5.91 Å². The molecule has 0 aliphatic rings. The predicted molar refractivity (Wildman–Crippen MR) is 78.7 cm³/mol. The van der Waals surface area contributed by atoms with Crippen LogP contribution in [0.4, 0.5) is 0 Å². The normalized spacial score (nSPS) is 10.4. The van der Waals surface area contributed by atoms with Crippen molar-refractivity contribution in [3.05, 3.63) is 56.5 Å². The first-order valence-electron chi connectivity index (χ1n) is 5.29. The second-order valence-electron chi connectivity index (χ2n) is 3.92. The van der Waals surface area contributed by atoms with Crippen LogP contribution in [0.1, 0.15) is 15.9 Å². The van der Waals surface area contributed by atoms with Crippen LogP contribution in [0.25, 0.3) is 0 Å². The van der Waals surface area contributed by atoms with Crippen molar-refractivity contribution < 1.29 is 9.21 Å². The van der Waals surface area contributed by atoms with Crippen LogP contribution in [0, 0.1) is 3.57 Å². The van der Waals surface area contributed by atoms with Crippen molar-refractivity contribution in [1.29, 1.82) is 0 Å². The molecule has 18 heavy (non-hydrogen) atoms. The van der Waals surface area contributed by atoms with Crippen LogP contribution in [0.2, 0.25) is 5.02 Å². The van der Waals surface area contributed by atoms with E-state index in [4.69, 9.17) is 16.0 Å². The van der Waals surface area contributed by atoms with E-state index in [1.54, 1.807) is 36.6 Å². The monoisotopic (exact) mass is 375 g/mol. The summed E-state index contributed by atoms with van der Waals surface area (Å²) in [5.41, 5.74) is 1.55. The van der Waals surface area contributed by atoms with Gasteiger partial charge >= 0.3 is 0 Å². The van der Waals surface area contributed by atoms with Gasteiger partial charge in [-0.3, -0.25) is 4.79 Å². The molecule has 3 nitrogen and oxygen atoms in total. The maximum atomic E-state index is 12.2. The number of carbonyl (C=O) groups excluding carboxylic acids is 1. The Hall–Kier alpha value is -1.01. The third-order valence-corrected chi connectivity index (χ3v) is 4.09. The average molecular weight is 376 g/mol. The number of amides is 1. The van der Waals surface area contributed by atoms with Crippen LogP contribution in [0.3, 0.4) is 0 Å². The minimum absolute atomic E-state index is 0.0606. The lowest BCUT2D eigenvalue weighted by Crippen LogP contribution is -2.25. The third kappa shape index (κ3) is 3.05. The van der Waals surface area contributed by atoms with Crippen LogP contribution >= 0.6 is 34.2 Å². The number of hydrogen-bond donors (Lipinski definition) is 0. The Kier molecular flexibility index (Phi) is 4.29. The first kappa shape index (κ1) is 13.4. The molecule has 0 saturated carbocycles. The number of carbonyl (C=O) groups is 1. The molecule has 0 unspecified atom stereocenters. The molecular formula is C13H11ClINO2. The zero-order valence-electron chi connectivity index (χ0n) is 9.69. The lowest BCUT2D eigenvalue weighted by atomic mass is 10.2. The van der Waals surface area contributed by atoms with E-state index in [1.165, 1.54) is 0 Å². The van der Waals surface area contributed by atoms with Gasteiger partial charge < -0.3 is 9.32 Å². The van der Waals surface area contributed by atoms with Crippen molar-refractivity contribution in [3.8, 4) is 0 Å². The molecule has 0 atom stereocenters. The number of hydrogen-bond acceptors (Lipinski definition) is 2. The average Bonchev–Trinajstić information content (AvgIpc) is 2.84. The molecular weight excluding hydrogens is 365 g/mol. The lowest BCUT2D eigenvalue weighted by molar-refractivity contribution is 0.0785. The molecule has 0 aliphatic carbocycles. The highest BCUT2D eigenvalue weighted by molar-refractivity contribution is 14.1. The summed E-state index contributed by atoms with van der Waals surface area (Å²) in [6.45, 7) is 0.513. The Labute approximate surface area is 124 Å². The predicted octanol–water partition coefficient (Wildman–Crippen LogP) is 3.81. The molecule has 0 spiro atoms. The van der Waals surface area contributed by atoms with Crippen molar-refractivity contribution >= 4 is 40.1 Å². The van der Waals surface area contributed by atoms with Crippen molar-refractivity contribution in [3.63, 3.8) is 0 Å². The maximum absolute atomic E-state index is 12.2. The molecule has 1 aromatic heterocycles. The largest absolute Gasteiger partial charge is 0.472 e. The van der Waals surface area contributed by atoms with E-state index < -0.39 is 0 Å². The van der Waals surface area contributed by atoms with Crippen molar-refractivity contribution in [2.24, 2.45) is 0 Å². The minimum atomic E-state index is -0.0606. The molecule has 1 heterocycles. The fraction of sp³-hybridized carbons (Fsp3) is 0.154. The molecule has 0 N–H and O–H groups in total. The van der Waals surface area contributed by atoms with Gasteiger partial charge in [-0.2, -0.15) is 0 Å². The van der Waals surface area contributed by atoms with E-state index in [0.29, 0.717) is 17.1 Å². The van der Waals surface area contributed by atoms with Crippen molar-refractivity contribution in [2.75, 3.05) is 7.05 Å². The summed E-state index contributed by atoms with van der Waals surface area (Å²) >= 11 is 8.14. The van der Waals surface area contributed by atoms with E-state index in [1.807, 2.05) is 12.1 Å². The van der Waals surface area contributed by atoms with Crippen molar-refractivity contribution in [1.82, 2.24) is 4.90 Å². The Morgan fingerprint density at radius 1 is 1.44 bits per heavy atom. The molecule has 0 fully saturated rings. The quantitative estimate of drug-likeness (QED) is 0.765. The summed E-state index contributed by atoms with van der Waals surface area (Å²) in [5.74, 6) is -0.0606. The summed E-state index contributed by atoms with van der Waals surface area (Å²) in [6, 6.07) is 7.14. The lowest BCUT2D eigenvalue weighted by Gasteiger charge is -2.16. The summed E-state index contributed by atoms with van der Waals surface area (Å²) < 4.78 is 5.91. The first-order chi connectivity index (χ1) is 8.58. The Balaban J connectivity index is 2.12. The van der Waals surface area contributed by atoms with Crippen LogP contribution in [0.5, 0.6) is 0 Å². The van der Waals surface area contributed by atoms with Gasteiger partial charge in [-0.05, 0) is 46.9 Å². The van der Waals surface area contributed by atoms with Gasteiger partial charge in [-0.15, -0.1) is 0 Å². The number of nitrogens with zero attached hydrogens (tertiary/aromatic N) is 1. The maximum Gasteiger partial charge on any atom is 0.253 e. The number of halogens is 2. The van der Waals surface area contributed by atoms with Gasteiger partial charge in [0.2, 0.25) is 0 Å². The van der Waals surface area contributed by atoms with Gasteiger partial charge in [0.05, 0.1) is 17.5 Å². The Bertz CT molecular complexity index is 554. The van der Waals surface area contributed by atoms with E-state index >= 15 is 0 Å². The molecule has 0 radical (unpaired) electrons. The molecule has 5 heteroatoms. The number of benzene rings is 1. The minimum Gasteiger partial charge on any atom is -0.472 e. The summed E-state index contributed by atoms with van der Waals surface area (Å²) in [7, 11) is 1.75. The molecule has 0 saturated heterocycles. The van der Waals surface area contributed by atoms with Crippen LogP contribution in [0.15, 0.2) is 41.2 Å². The highest BCUT2D eigenvalue weighted by Gasteiger charge is 2.13. The standard InChI is InChI=1S/C13H11ClINO2/c1-16(7-9-4-5-18-8-9)13(17)10-2-3-12(15)11(14)6-10/h2-6,8H,7H2,1H3. The van der Waals surface area contributed by atoms with Crippen molar-refractivity contribution in [2.45, 2.75) is 6.54 Å². The van der Waals surface area contributed by atoms with Gasteiger partial charge in [-0.25, -0.2) is 0 Å². The molecule has 2 rings (SSSR count). The molecule has 0 bridgehead atoms. The molecule has 2 aromatic rings. The van der Waals surface area contributed by atoms with Gasteiger partial charge in [-0.1, -0.05) is 11.6 Å². The van der Waals surface area contributed by atoms with E-state index in [2.05, 4.69) is 22.6 Å². The number of furan rings is 1. The Morgan fingerprint density at radius 3 is 2.83 bits per heavy atom. The summed E-state index contributed by atoms with van der Waals surface area (Å²) in [6.07, 6.45) is 3.22.